The number of allylic oxidation sites excluding steroid dienone is 1. The third kappa shape index (κ3) is 3.23. The van der Waals surface area contributed by atoms with Gasteiger partial charge in [-0.15, -0.1) is 0 Å². The van der Waals surface area contributed by atoms with Crippen LogP contribution in [0.1, 0.15) is 89.9 Å². The molecule has 4 nitrogen and oxygen atoms in total. The molecule has 0 aromatic carbocycles. The minimum atomic E-state index is -5.78. The third-order valence-corrected chi connectivity index (χ3v) is 11.4. The Morgan fingerprint density at radius 1 is 0.875 bits per heavy atom. The van der Waals surface area contributed by atoms with Gasteiger partial charge in [-0.05, 0) is 113 Å². The molecular weight excluding hydrogens is 448 g/mol. The van der Waals surface area contributed by atoms with E-state index in [9.17, 15) is 26.7 Å². The summed E-state index contributed by atoms with van der Waals surface area (Å²) in [7, 11) is -5.78. The van der Waals surface area contributed by atoms with Gasteiger partial charge in [-0.3, -0.25) is 4.18 Å². The van der Waals surface area contributed by atoms with Gasteiger partial charge < -0.3 is 5.11 Å². The second kappa shape index (κ2) is 7.17. The highest BCUT2D eigenvalue weighted by molar-refractivity contribution is 7.87. The maximum Gasteiger partial charge on any atom is 0.523 e. The Hall–Kier alpha value is -0.670. The van der Waals surface area contributed by atoms with E-state index in [2.05, 4.69) is 4.18 Å². The molecule has 7 rings (SSSR count). The SMILES string of the molecule is O=S(=O)(OC12C=C(F)C(C34CCC(C5CCC(O)CC5)(CC3)CC4)(CC1)CC2)C(F)(F)F. The van der Waals surface area contributed by atoms with Gasteiger partial charge in [-0.25, -0.2) is 4.39 Å². The van der Waals surface area contributed by atoms with Crippen LogP contribution >= 0.6 is 0 Å². The van der Waals surface area contributed by atoms with Crippen molar-refractivity contribution < 1.29 is 35.3 Å². The van der Waals surface area contributed by atoms with E-state index in [1.807, 2.05) is 0 Å². The fourth-order valence-corrected chi connectivity index (χ4v) is 8.99. The van der Waals surface area contributed by atoms with Crippen molar-refractivity contribution >= 4 is 10.1 Å². The van der Waals surface area contributed by atoms with E-state index in [0.29, 0.717) is 18.8 Å². The number of halogens is 4. The zero-order chi connectivity index (χ0) is 23.0. The van der Waals surface area contributed by atoms with Gasteiger partial charge in [0.05, 0.1) is 6.10 Å². The lowest BCUT2D eigenvalue weighted by Crippen LogP contribution is -2.59. The predicted octanol–water partition coefficient (Wildman–Crippen LogP) is 5.91. The van der Waals surface area contributed by atoms with Crippen molar-refractivity contribution in [2.24, 2.45) is 22.2 Å². The second-order valence-corrected chi connectivity index (χ2v) is 12.8. The number of alkyl halides is 3. The molecule has 0 aliphatic heterocycles. The fraction of sp³-hybridized carbons (Fsp3) is 0.913. The molecule has 9 heteroatoms. The molecule has 5 saturated carbocycles. The molecule has 0 aromatic rings. The molecule has 0 amide bonds. The molecule has 7 aliphatic rings. The molecule has 7 aliphatic carbocycles. The van der Waals surface area contributed by atoms with Crippen molar-refractivity contribution in [2.45, 2.75) is 107 Å². The van der Waals surface area contributed by atoms with Gasteiger partial charge >= 0.3 is 15.6 Å². The van der Waals surface area contributed by atoms with Gasteiger partial charge in [0.15, 0.2) is 0 Å². The van der Waals surface area contributed by atoms with Crippen LogP contribution in [0.2, 0.25) is 0 Å². The van der Waals surface area contributed by atoms with Crippen molar-refractivity contribution in [1.29, 1.82) is 0 Å². The topological polar surface area (TPSA) is 63.6 Å². The summed E-state index contributed by atoms with van der Waals surface area (Å²) in [6.07, 6.45) is 11.5. The van der Waals surface area contributed by atoms with Crippen molar-refractivity contribution in [3.05, 3.63) is 11.9 Å². The Labute approximate surface area is 186 Å². The predicted molar refractivity (Wildman–Crippen MR) is 109 cm³/mol. The summed E-state index contributed by atoms with van der Waals surface area (Å²) < 4.78 is 82.1. The van der Waals surface area contributed by atoms with E-state index in [1.54, 1.807) is 0 Å². The standard InChI is InChI=1S/C23H32F4O4S/c24-18-15-21(31-32(29,30)23(25,26)27)11-13-22(18,14-12-21)20-8-5-19(6-9-20,7-10-20)16-1-3-17(28)4-2-16/h15-17,28H,1-14H2. The van der Waals surface area contributed by atoms with Gasteiger partial charge in [0.2, 0.25) is 0 Å². The minimum Gasteiger partial charge on any atom is -0.393 e. The molecule has 5 fully saturated rings. The van der Waals surface area contributed by atoms with Gasteiger partial charge in [0.25, 0.3) is 0 Å². The van der Waals surface area contributed by atoms with E-state index >= 15 is 4.39 Å². The van der Waals surface area contributed by atoms with Crippen molar-refractivity contribution in [1.82, 2.24) is 0 Å². The highest BCUT2D eigenvalue weighted by Gasteiger charge is 2.66. The number of aliphatic hydroxyl groups excluding tert-OH is 1. The Kier molecular flexibility index (Phi) is 5.17. The van der Waals surface area contributed by atoms with E-state index in [4.69, 9.17) is 0 Å². The highest BCUT2D eigenvalue weighted by atomic mass is 32.2. The average molecular weight is 481 g/mol. The molecule has 0 heterocycles. The van der Waals surface area contributed by atoms with Crippen molar-refractivity contribution in [3.63, 3.8) is 0 Å². The molecule has 182 valence electrons. The smallest absolute Gasteiger partial charge is 0.393 e. The summed E-state index contributed by atoms with van der Waals surface area (Å²) in [5, 5.41) is 9.88. The van der Waals surface area contributed by atoms with Crippen LogP contribution in [-0.4, -0.2) is 30.7 Å². The Bertz CT molecular complexity index is 869. The van der Waals surface area contributed by atoms with Crippen LogP contribution in [0.3, 0.4) is 0 Å². The summed E-state index contributed by atoms with van der Waals surface area (Å²) >= 11 is 0. The monoisotopic (exact) mass is 480 g/mol. The Morgan fingerprint density at radius 2 is 1.41 bits per heavy atom. The normalized spacial score (nSPS) is 46.8. The van der Waals surface area contributed by atoms with Gasteiger partial charge in [0, 0.05) is 5.41 Å². The first-order valence-corrected chi connectivity index (χ1v) is 13.4. The van der Waals surface area contributed by atoms with Crippen LogP contribution in [-0.2, 0) is 14.3 Å². The zero-order valence-corrected chi connectivity index (χ0v) is 19.0. The van der Waals surface area contributed by atoms with Gasteiger partial charge in [-0.1, -0.05) is 0 Å². The lowest BCUT2D eigenvalue weighted by atomic mass is 9.39. The third-order valence-electron chi connectivity index (χ3n) is 10.2. The summed E-state index contributed by atoms with van der Waals surface area (Å²) in [4.78, 5) is 0. The van der Waals surface area contributed by atoms with Crippen LogP contribution in [0.25, 0.3) is 0 Å². The van der Waals surface area contributed by atoms with E-state index in [-0.39, 0.29) is 29.8 Å². The molecule has 0 atom stereocenters. The number of hydrogen-bond donors (Lipinski definition) is 1. The Morgan fingerprint density at radius 3 is 1.88 bits per heavy atom. The molecule has 0 saturated heterocycles. The van der Waals surface area contributed by atoms with Gasteiger partial charge in [-0.2, -0.15) is 21.6 Å². The van der Waals surface area contributed by atoms with E-state index < -0.39 is 32.5 Å². The molecule has 0 aromatic heterocycles. The van der Waals surface area contributed by atoms with E-state index in [0.717, 1.165) is 70.3 Å². The zero-order valence-electron chi connectivity index (χ0n) is 18.2. The molecule has 32 heavy (non-hydrogen) atoms. The average Bonchev–Trinajstić information content (AvgIpc) is 2.74. The summed E-state index contributed by atoms with van der Waals surface area (Å²) in [6, 6.07) is 0. The molecule has 4 bridgehead atoms. The first-order valence-electron chi connectivity index (χ1n) is 12.0. The maximum absolute atomic E-state index is 15.7. The molecule has 0 unspecified atom stereocenters. The summed E-state index contributed by atoms with van der Waals surface area (Å²) in [5.41, 5.74) is -7.83. The quantitative estimate of drug-likeness (QED) is 0.309. The summed E-state index contributed by atoms with van der Waals surface area (Å²) in [6.45, 7) is 0. The Balaban J connectivity index is 1.36. The van der Waals surface area contributed by atoms with E-state index in [1.165, 1.54) is 0 Å². The molecule has 0 spiro atoms. The first-order chi connectivity index (χ1) is 14.9. The van der Waals surface area contributed by atoms with Crippen LogP contribution in [0.5, 0.6) is 0 Å². The number of hydrogen-bond acceptors (Lipinski definition) is 4. The molecule has 1 N–H and O–H groups in total. The van der Waals surface area contributed by atoms with Crippen molar-refractivity contribution in [2.75, 3.05) is 0 Å². The van der Waals surface area contributed by atoms with Crippen LogP contribution < -0.4 is 0 Å². The molecular formula is C23H32F4O4S. The van der Waals surface area contributed by atoms with Crippen LogP contribution in [0.4, 0.5) is 17.6 Å². The summed E-state index contributed by atoms with van der Waals surface area (Å²) in [5.74, 6) is 0.163. The first kappa shape index (κ1) is 23.1. The highest BCUT2D eigenvalue weighted by Crippen LogP contribution is 2.73. The number of aliphatic hydroxyl groups is 1. The van der Waals surface area contributed by atoms with Gasteiger partial charge in [0.1, 0.15) is 11.4 Å². The number of rotatable bonds is 4. The lowest BCUT2D eigenvalue weighted by molar-refractivity contribution is -0.152. The minimum absolute atomic E-state index is 0.100. The lowest BCUT2D eigenvalue weighted by Gasteiger charge is -2.66. The largest absolute Gasteiger partial charge is 0.523 e. The second-order valence-electron chi connectivity index (χ2n) is 11.3. The van der Waals surface area contributed by atoms with Crippen molar-refractivity contribution in [3.8, 4) is 0 Å². The number of fused-ring (bicyclic) bond motifs is 5. The fourth-order valence-electron chi connectivity index (χ4n) is 8.24. The van der Waals surface area contributed by atoms with Crippen LogP contribution in [0.15, 0.2) is 11.9 Å². The van der Waals surface area contributed by atoms with Crippen LogP contribution in [0, 0.1) is 22.2 Å². The maximum atomic E-state index is 15.7. The molecule has 0 radical (unpaired) electrons.